The molecular weight excluding hydrogens is 254 g/mol. The summed E-state index contributed by atoms with van der Waals surface area (Å²) in [5, 5.41) is 3.45. The molecule has 0 unspecified atom stereocenters. The molecule has 0 spiro atoms. The standard InChI is InChI=1S/C12H25NO2S2/c1-10(8-16-12(2,3)4)13-7-11-5-6-17(14,15)9-11/h10-11,13H,5-9H2,1-4H3/t10-,11+/m1/s1. The van der Waals surface area contributed by atoms with E-state index >= 15 is 0 Å². The van der Waals surface area contributed by atoms with Gasteiger partial charge in [-0.25, -0.2) is 8.42 Å². The third-order valence-electron chi connectivity index (χ3n) is 2.85. The Morgan fingerprint density at radius 3 is 2.53 bits per heavy atom. The van der Waals surface area contributed by atoms with Crippen molar-refractivity contribution in [3.8, 4) is 0 Å². The zero-order valence-corrected chi connectivity index (χ0v) is 13.0. The van der Waals surface area contributed by atoms with Crippen LogP contribution >= 0.6 is 11.8 Å². The first kappa shape index (κ1) is 15.3. The van der Waals surface area contributed by atoms with Gasteiger partial charge >= 0.3 is 0 Å². The molecular formula is C12H25NO2S2. The van der Waals surface area contributed by atoms with E-state index in [2.05, 4.69) is 33.0 Å². The molecule has 1 N–H and O–H groups in total. The monoisotopic (exact) mass is 279 g/mol. The molecule has 0 aromatic heterocycles. The van der Waals surface area contributed by atoms with Gasteiger partial charge in [0.1, 0.15) is 0 Å². The maximum Gasteiger partial charge on any atom is 0.150 e. The van der Waals surface area contributed by atoms with E-state index < -0.39 is 9.84 Å². The van der Waals surface area contributed by atoms with E-state index in [9.17, 15) is 8.42 Å². The highest BCUT2D eigenvalue weighted by Gasteiger charge is 2.27. The van der Waals surface area contributed by atoms with Crippen molar-refractivity contribution >= 4 is 21.6 Å². The highest BCUT2D eigenvalue weighted by Crippen LogP contribution is 2.24. The average molecular weight is 279 g/mol. The molecule has 0 aromatic carbocycles. The summed E-state index contributed by atoms with van der Waals surface area (Å²) in [6.07, 6.45) is 0.828. The van der Waals surface area contributed by atoms with E-state index in [4.69, 9.17) is 0 Å². The molecule has 3 nitrogen and oxygen atoms in total. The number of thioether (sulfide) groups is 1. The molecule has 1 rings (SSSR count). The highest BCUT2D eigenvalue weighted by molar-refractivity contribution is 8.00. The molecule has 1 aliphatic rings. The largest absolute Gasteiger partial charge is 0.313 e. The van der Waals surface area contributed by atoms with Crippen LogP contribution in [0.2, 0.25) is 0 Å². The minimum Gasteiger partial charge on any atom is -0.313 e. The molecule has 1 saturated heterocycles. The second-order valence-corrected chi connectivity index (χ2v) is 10.1. The van der Waals surface area contributed by atoms with Gasteiger partial charge in [0.15, 0.2) is 9.84 Å². The first-order valence-corrected chi connectivity index (χ1v) is 9.06. The van der Waals surface area contributed by atoms with Crippen LogP contribution in [0.4, 0.5) is 0 Å². The van der Waals surface area contributed by atoms with E-state index in [1.54, 1.807) is 0 Å². The molecule has 0 radical (unpaired) electrons. The van der Waals surface area contributed by atoms with Crippen molar-refractivity contribution in [1.82, 2.24) is 5.32 Å². The van der Waals surface area contributed by atoms with Crippen LogP contribution in [0.5, 0.6) is 0 Å². The minimum absolute atomic E-state index is 0.298. The summed E-state index contributed by atoms with van der Waals surface area (Å²) in [5.74, 6) is 2.15. The highest BCUT2D eigenvalue weighted by atomic mass is 32.2. The van der Waals surface area contributed by atoms with Gasteiger partial charge in [-0.05, 0) is 25.8 Å². The van der Waals surface area contributed by atoms with E-state index in [0.29, 0.717) is 28.2 Å². The summed E-state index contributed by atoms with van der Waals surface area (Å²) in [5.41, 5.74) is 0. The number of hydrogen-bond donors (Lipinski definition) is 1. The Morgan fingerprint density at radius 1 is 1.41 bits per heavy atom. The third-order valence-corrected chi connectivity index (χ3v) is 6.22. The topological polar surface area (TPSA) is 46.2 Å². The van der Waals surface area contributed by atoms with Crippen molar-refractivity contribution in [2.75, 3.05) is 23.8 Å². The predicted octanol–water partition coefficient (Wildman–Crippen LogP) is 1.93. The Morgan fingerprint density at radius 2 is 2.06 bits per heavy atom. The van der Waals surface area contributed by atoms with Crippen LogP contribution in [0.1, 0.15) is 34.1 Å². The zero-order valence-electron chi connectivity index (χ0n) is 11.3. The SMILES string of the molecule is C[C@H](CSC(C)(C)C)NC[C@@H]1CCS(=O)(=O)C1. The normalized spacial score (nSPS) is 26.0. The van der Waals surface area contributed by atoms with Crippen LogP contribution in [-0.4, -0.2) is 43.0 Å². The number of sulfone groups is 1. The first-order chi connectivity index (χ1) is 7.68. The van der Waals surface area contributed by atoms with Crippen molar-refractivity contribution in [3.63, 3.8) is 0 Å². The van der Waals surface area contributed by atoms with Gasteiger partial charge in [0.05, 0.1) is 11.5 Å². The average Bonchev–Trinajstić information content (AvgIpc) is 2.51. The molecule has 0 aromatic rings. The second-order valence-electron chi connectivity index (χ2n) is 6.00. The van der Waals surface area contributed by atoms with Gasteiger partial charge in [-0.1, -0.05) is 20.8 Å². The fraction of sp³-hybridized carbons (Fsp3) is 1.00. The molecule has 0 aliphatic carbocycles. The molecule has 1 fully saturated rings. The van der Waals surface area contributed by atoms with Crippen molar-refractivity contribution < 1.29 is 8.42 Å². The molecule has 17 heavy (non-hydrogen) atoms. The van der Waals surface area contributed by atoms with Crippen LogP contribution in [0.3, 0.4) is 0 Å². The molecule has 0 bridgehead atoms. The molecule has 1 heterocycles. The Kier molecular flexibility index (Phi) is 5.35. The van der Waals surface area contributed by atoms with Crippen LogP contribution in [0.25, 0.3) is 0 Å². The number of hydrogen-bond acceptors (Lipinski definition) is 4. The fourth-order valence-corrected chi connectivity index (χ4v) is 4.56. The molecule has 0 amide bonds. The van der Waals surface area contributed by atoms with Gasteiger partial charge in [0, 0.05) is 16.5 Å². The molecule has 2 atom stereocenters. The Bertz CT molecular complexity index is 333. The third kappa shape index (κ3) is 6.67. The molecule has 5 heteroatoms. The van der Waals surface area contributed by atoms with Crippen LogP contribution in [0.15, 0.2) is 0 Å². The van der Waals surface area contributed by atoms with Gasteiger partial charge in [-0.15, -0.1) is 0 Å². The fourth-order valence-electron chi connectivity index (χ4n) is 1.83. The van der Waals surface area contributed by atoms with E-state index in [0.717, 1.165) is 18.7 Å². The zero-order chi connectivity index (χ0) is 13.1. The lowest BCUT2D eigenvalue weighted by Gasteiger charge is -2.22. The smallest absolute Gasteiger partial charge is 0.150 e. The second kappa shape index (κ2) is 5.93. The maximum atomic E-state index is 11.3. The number of rotatable bonds is 5. The van der Waals surface area contributed by atoms with Crippen molar-refractivity contribution in [1.29, 1.82) is 0 Å². The maximum absolute atomic E-state index is 11.3. The first-order valence-electron chi connectivity index (χ1n) is 6.26. The van der Waals surface area contributed by atoms with E-state index in [-0.39, 0.29) is 0 Å². The lowest BCUT2D eigenvalue weighted by molar-refractivity contribution is 0.486. The number of nitrogens with one attached hydrogen (secondary N) is 1. The summed E-state index contributed by atoms with van der Waals surface area (Å²) in [6.45, 7) is 9.66. The van der Waals surface area contributed by atoms with Gasteiger partial charge < -0.3 is 5.32 Å². The van der Waals surface area contributed by atoms with Gasteiger partial charge in [-0.2, -0.15) is 11.8 Å². The predicted molar refractivity (Wildman–Crippen MR) is 76.4 cm³/mol. The van der Waals surface area contributed by atoms with Gasteiger partial charge in [0.2, 0.25) is 0 Å². The molecule has 1 aliphatic heterocycles. The molecule has 102 valence electrons. The van der Waals surface area contributed by atoms with Crippen LogP contribution < -0.4 is 5.32 Å². The summed E-state index contributed by atoms with van der Waals surface area (Å²) in [4.78, 5) is 0. The van der Waals surface area contributed by atoms with Crippen molar-refractivity contribution in [3.05, 3.63) is 0 Å². The molecule has 0 saturated carbocycles. The van der Waals surface area contributed by atoms with E-state index in [1.807, 2.05) is 11.8 Å². The van der Waals surface area contributed by atoms with E-state index in [1.165, 1.54) is 0 Å². The van der Waals surface area contributed by atoms with Gasteiger partial charge in [0.25, 0.3) is 0 Å². The lowest BCUT2D eigenvalue weighted by Crippen LogP contribution is -2.34. The Hall–Kier alpha value is 0.260. The summed E-state index contributed by atoms with van der Waals surface area (Å²) >= 11 is 1.94. The van der Waals surface area contributed by atoms with Crippen molar-refractivity contribution in [2.45, 2.75) is 44.9 Å². The quantitative estimate of drug-likeness (QED) is 0.835. The van der Waals surface area contributed by atoms with Crippen LogP contribution in [-0.2, 0) is 9.84 Å². The van der Waals surface area contributed by atoms with Crippen molar-refractivity contribution in [2.24, 2.45) is 5.92 Å². The summed E-state index contributed by atoms with van der Waals surface area (Å²) in [7, 11) is -2.72. The summed E-state index contributed by atoms with van der Waals surface area (Å²) < 4.78 is 22.9. The Labute approximate surface area is 110 Å². The summed E-state index contributed by atoms with van der Waals surface area (Å²) in [6, 6.07) is 0.447. The lowest BCUT2D eigenvalue weighted by atomic mass is 10.1. The minimum atomic E-state index is -2.72. The van der Waals surface area contributed by atoms with Crippen LogP contribution in [0, 0.1) is 5.92 Å². The van der Waals surface area contributed by atoms with Gasteiger partial charge in [-0.3, -0.25) is 0 Å². The Balaban J connectivity index is 2.19.